The summed E-state index contributed by atoms with van der Waals surface area (Å²) in [4.78, 5) is 6.94. The predicted octanol–water partition coefficient (Wildman–Crippen LogP) is 3.60. The molecule has 2 N–H and O–H groups in total. The first-order chi connectivity index (χ1) is 15.7. The van der Waals surface area contributed by atoms with Crippen LogP contribution >= 0.6 is 0 Å². The zero-order valence-electron chi connectivity index (χ0n) is 19.7. The zero-order chi connectivity index (χ0) is 22.8. The monoisotopic (exact) mass is 440 g/mol. The van der Waals surface area contributed by atoms with Gasteiger partial charge in [0.25, 0.3) is 0 Å². The van der Waals surface area contributed by atoms with Crippen LogP contribution in [0.3, 0.4) is 0 Å². The summed E-state index contributed by atoms with van der Waals surface area (Å²) in [5, 5.41) is 6.93. The SMILES string of the molecule is CCOc1cc(CNC(=NC)NCC(c2ccccc2OC)N2CCCC2)ccc1OC. The van der Waals surface area contributed by atoms with Gasteiger partial charge in [-0.1, -0.05) is 24.3 Å². The Bertz CT molecular complexity index is 881. The molecule has 1 aliphatic heterocycles. The zero-order valence-corrected chi connectivity index (χ0v) is 19.7. The van der Waals surface area contributed by atoms with Gasteiger partial charge in [0.1, 0.15) is 5.75 Å². The molecule has 1 fully saturated rings. The Kier molecular flexibility index (Phi) is 9.04. The lowest BCUT2D eigenvalue weighted by molar-refractivity contribution is 0.239. The molecule has 174 valence electrons. The van der Waals surface area contributed by atoms with Crippen molar-refractivity contribution in [2.45, 2.75) is 32.4 Å². The normalized spacial score (nSPS) is 15.3. The van der Waals surface area contributed by atoms with Gasteiger partial charge < -0.3 is 24.8 Å². The second-order valence-electron chi connectivity index (χ2n) is 7.73. The second kappa shape index (κ2) is 12.2. The molecule has 1 heterocycles. The van der Waals surface area contributed by atoms with E-state index in [-0.39, 0.29) is 6.04 Å². The molecule has 0 bridgehead atoms. The summed E-state index contributed by atoms with van der Waals surface area (Å²) in [6, 6.07) is 14.5. The number of para-hydroxylation sites is 1. The summed E-state index contributed by atoms with van der Waals surface area (Å²) in [7, 11) is 5.18. The van der Waals surface area contributed by atoms with E-state index in [1.54, 1.807) is 21.3 Å². The quantitative estimate of drug-likeness (QED) is 0.435. The van der Waals surface area contributed by atoms with Crippen molar-refractivity contribution < 1.29 is 14.2 Å². The van der Waals surface area contributed by atoms with Gasteiger partial charge in [0.2, 0.25) is 0 Å². The van der Waals surface area contributed by atoms with Crippen molar-refractivity contribution in [1.82, 2.24) is 15.5 Å². The topological polar surface area (TPSA) is 67.3 Å². The van der Waals surface area contributed by atoms with Crippen molar-refractivity contribution in [2.75, 3.05) is 47.5 Å². The summed E-state index contributed by atoms with van der Waals surface area (Å²) in [5.41, 5.74) is 2.30. The van der Waals surface area contributed by atoms with Crippen LogP contribution in [0.4, 0.5) is 0 Å². The minimum absolute atomic E-state index is 0.220. The minimum atomic E-state index is 0.220. The van der Waals surface area contributed by atoms with Crippen LogP contribution in [-0.2, 0) is 6.54 Å². The largest absolute Gasteiger partial charge is 0.496 e. The van der Waals surface area contributed by atoms with Crippen LogP contribution in [0.2, 0.25) is 0 Å². The average molecular weight is 441 g/mol. The molecule has 7 nitrogen and oxygen atoms in total. The van der Waals surface area contributed by atoms with E-state index in [4.69, 9.17) is 14.2 Å². The summed E-state index contributed by atoms with van der Waals surface area (Å²) in [6.45, 7) is 6.14. The lowest BCUT2D eigenvalue weighted by Crippen LogP contribution is -2.42. The highest BCUT2D eigenvalue weighted by molar-refractivity contribution is 5.79. The Morgan fingerprint density at radius 3 is 2.44 bits per heavy atom. The van der Waals surface area contributed by atoms with Crippen molar-refractivity contribution in [3.05, 3.63) is 53.6 Å². The number of hydrogen-bond acceptors (Lipinski definition) is 5. The van der Waals surface area contributed by atoms with Crippen LogP contribution in [0, 0.1) is 0 Å². The van der Waals surface area contributed by atoms with E-state index in [1.165, 1.54) is 18.4 Å². The Morgan fingerprint density at radius 1 is 1.00 bits per heavy atom. The fourth-order valence-electron chi connectivity index (χ4n) is 4.13. The molecule has 0 saturated carbocycles. The number of nitrogens with zero attached hydrogens (tertiary/aromatic N) is 2. The van der Waals surface area contributed by atoms with E-state index >= 15 is 0 Å². The molecule has 1 atom stereocenters. The fraction of sp³-hybridized carbons (Fsp3) is 0.480. The number of likely N-dealkylation sites (tertiary alicyclic amines) is 1. The van der Waals surface area contributed by atoms with Gasteiger partial charge in [0.15, 0.2) is 17.5 Å². The van der Waals surface area contributed by atoms with Gasteiger partial charge in [-0.25, -0.2) is 0 Å². The molecule has 0 amide bonds. The summed E-state index contributed by atoms with van der Waals surface area (Å²) >= 11 is 0. The molecule has 1 unspecified atom stereocenters. The van der Waals surface area contributed by atoms with Gasteiger partial charge in [-0.3, -0.25) is 9.89 Å². The molecular formula is C25H36N4O3. The number of guanidine groups is 1. The molecule has 2 aromatic carbocycles. The molecule has 0 aromatic heterocycles. The van der Waals surface area contributed by atoms with E-state index in [9.17, 15) is 0 Å². The highest BCUT2D eigenvalue weighted by Gasteiger charge is 2.26. The van der Waals surface area contributed by atoms with E-state index in [2.05, 4.69) is 32.7 Å². The van der Waals surface area contributed by atoms with Crippen LogP contribution in [0.1, 0.15) is 36.9 Å². The van der Waals surface area contributed by atoms with Gasteiger partial charge >= 0.3 is 0 Å². The van der Waals surface area contributed by atoms with Crippen molar-refractivity contribution in [1.29, 1.82) is 0 Å². The van der Waals surface area contributed by atoms with E-state index in [1.807, 2.05) is 37.3 Å². The maximum atomic E-state index is 5.69. The van der Waals surface area contributed by atoms with E-state index in [0.29, 0.717) is 13.2 Å². The van der Waals surface area contributed by atoms with Crippen LogP contribution < -0.4 is 24.8 Å². The number of rotatable bonds is 10. The van der Waals surface area contributed by atoms with Crippen molar-refractivity contribution in [3.63, 3.8) is 0 Å². The first-order valence-corrected chi connectivity index (χ1v) is 11.3. The molecular weight excluding hydrogens is 404 g/mol. The molecule has 0 spiro atoms. The highest BCUT2D eigenvalue weighted by Crippen LogP contribution is 2.31. The third-order valence-corrected chi connectivity index (χ3v) is 5.75. The number of nitrogens with one attached hydrogen (secondary N) is 2. The summed E-state index contributed by atoms with van der Waals surface area (Å²) in [5.74, 6) is 3.18. The van der Waals surface area contributed by atoms with Crippen LogP contribution in [0.25, 0.3) is 0 Å². The first kappa shape index (κ1) is 23.7. The maximum Gasteiger partial charge on any atom is 0.191 e. The predicted molar refractivity (Wildman–Crippen MR) is 129 cm³/mol. The third kappa shape index (κ3) is 6.07. The van der Waals surface area contributed by atoms with Gasteiger partial charge in [0, 0.05) is 25.7 Å². The Hall–Kier alpha value is -2.93. The molecule has 32 heavy (non-hydrogen) atoms. The van der Waals surface area contributed by atoms with E-state index < -0.39 is 0 Å². The highest BCUT2D eigenvalue weighted by atomic mass is 16.5. The average Bonchev–Trinajstić information content (AvgIpc) is 3.36. The maximum absolute atomic E-state index is 5.69. The third-order valence-electron chi connectivity index (χ3n) is 5.75. The van der Waals surface area contributed by atoms with Crippen molar-refractivity contribution in [2.24, 2.45) is 4.99 Å². The molecule has 1 saturated heterocycles. The van der Waals surface area contributed by atoms with Gasteiger partial charge in [-0.15, -0.1) is 0 Å². The number of ether oxygens (including phenoxy) is 3. The van der Waals surface area contributed by atoms with Gasteiger partial charge in [-0.2, -0.15) is 0 Å². The van der Waals surface area contributed by atoms with Gasteiger partial charge in [0.05, 0.1) is 26.9 Å². The Morgan fingerprint density at radius 2 is 1.75 bits per heavy atom. The van der Waals surface area contributed by atoms with Crippen molar-refractivity contribution >= 4 is 5.96 Å². The summed E-state index contributed by atoms with van der Waals surface area (Å²) < 4.78 is 16.7. The molecule has 0 radical (unpaired) electrons. The summed E-state index contributed by atoms with van der Waals surface area (Å²) in [6.07, 6.45) is 2.47. The minimum Gasteiger partial charge on any atom is -0.496 e. The molecule has 0 aliphatic carbocycles. The van der Waals surface area contributed by atoms with Gasteiger partial charge in [-0.05, 0) is 56.6 Å². The number of benzene rings is 2. The van der Waals surface area contributed by atoms with Crippen LogP contribution in [-0.4, -0.2) is 58.4 Å². The number of aliphatic imine (C=N–C) groups is 1. The van der Waals surface area contributed by atoms with Crippen molar-refractivity contribution in [3.8, 4) is 17.2 Å². The second-order valence-corrected chi connectivity index (χ2v) is 7.73. The fourth-order valence-corrected chi connectivity index (χ4v) is 4.13. The molecule has 3 rings (SSSR count). The Balaban J connectivity index is 1.65. The van der Waals surface area contributed by atoms with E-state index in [0.717, 1.165) is 48.4 Å². The molecule has 7 heteroatoms. The standard InChI is InChI=1S/C25H36N4O3/c1-5-32-24-16-19(12-13-23(24)31-4)17-27-25(26-2)28-18-21(29-14-8-9-15-29)20-10-6-7-11-22(20)30-3/h6-7,10-13,16,21H,5,8-9,14-15,17-18H2,1-4H3,(H2,26,27,28). The number of methoxy groups -OCH3 is 2. The molecule has 2 aromatic rings. The lowest BCUT2D eigenvalue weighted by Gasteiger charge is -2.30. The Labute approximate surface area is 191 Å². The number of hydrogen-bond donors (Lipinski definition) is 2. The lowest BCUT2D eigenvalue weighted by atomic mass is 10.0. The first-order valence-electron chi connectivity index (χ1n) is 11.3. The smallest absolute Gasteiger partial charge is 0.191 e. The molecule has 1 aliphatic rings. The van der Waals surface area contributed by atoms with Crippen LogP contribution in [0.15, 0.2) is 47.5 Å². The van der Waals surface area contributed by atoms with Crippen LogP contribution in [0.5, 0.6) is 17.2 Å².